The fourth-order valence-corrected chi connectivity index (χ4v) is 3.02. The van der Waals surface area contributed by atoms with Crippen LogP contribution in [0.4, 0.5) is 0 Å². The Balaban J connectivity index is 1.80. The highest BCUT2D eigenvalue weighted by Gasteiger charge is 2.35. The number of carbonyl (C=O) groups excluding carboxylic acids is 1. The molecule has 2 N–H and O–H groups in total. The Morgan fingerprint density at radius 1 is 1.29 bits per heavy atom. The third kappa shape index (κ3) is 3.10. The molecular weight excluding hydrogens is 270 g/mol. The van der Waals surface area contributed by atoms with Crippen LogP contribution in [-0.4, -0.2) is 52.1 Å². The second-order valence-electron chi connectivity index (χ2n) is 5.84. The number of aliphatic carboxylic acids is 1. The van der Waals surface area contributed by atoms with Gasteiger partial charge >= 0.3 is 5.97 Å². The van der Waals surface area contributed by atoms with Crippen molar-refractivity contribution >= 4 is 11.9 Å². The molecule has 1 saturated heterocycles. The van der Waals surface area contributed by atoms with E-state index in [1.807, 2.05) is 22.9 Å². The molecule has 6 nitrogen and oxygen atoms in total. The second-order valence-corrected chi connectivity index (χ2v) is 5.84. The fraction of sp³-hybridized carbons (Fsp3) is 0.600. The quantitative estimate of drug-likeness (QED) is 0.852. The number of carboxylic acids is 1. The molecule has 2 aliphatic rings. The summed E-state index contributed by atoms with van der Waals surface area (Å²) in [5.74, 6) is -1.10. The molecule has 114 valence electrons. The minimum absolute atomic E-state index is 0.102. The highest BCUT2D eigenvalue weighted by Crippen LogP contribution is 2.29. The van der Waals surface area contributed by atoms with Gasteiger partial charge in [0.1, 0.15) is 12.2 Å². The first kappa shape index (κ1) is 14.1. The van der Waals surface area contributed by atoms with Crippen molar-refractivity contribution in [2.75, 3.05) is 19.6 Å². The Morgan fingerprint density at radius 3 is 2.62 bits per heavy atom. The molecule has 0 aromatic carbocycles. The number of rotatable bonds is 5. The van der Waals surface area contributed by atoms with Crippen LogP contribution in [0.5, 0.6) is 0 Å². The molecule has 1 aliphatic heterocycles. The van der Waals surface area contributed by atoms with Gasteiger partial charge in [0.15, 0.2) is 0 Å². The smallest absolute Gasteiger partial charge is 0.323 e. The van der Waals surface area contributed by atoms with E-state index in [0.29, 0.717) is 11.7 Å². The maximum absolute atomic E-state index is 12.7. The van der Waals surface area contributed by atoms with Crippen molar-refractivity contribution in [1.29, 1.82) is 0 Å². The topological polar surface area (TPSA) is 74.6 Å². The molecule has 1 aromatic rings. The van der Waals surface area contributed by atoms with Gasteiger partial charge in [-0.2, -0.15) is 0 Å². The number of nitrogens with one attached hydrogen (secondary N) is 1. The van der Waals surface area contributed by atoms with Gasteiger partial charge < -0.3 is 19.9 Å². The summed E-state index contributed by atoms with van der Waals surface area (Å²) < 4.78 is 2.03. The molecule has 2 heterocycles. The third-order valence-corrected chi connectivity index (χ3v) is 4.25. The van der Waals surface area contributed by atoms with Gasteiger partial charge in [0.2, 0.25) is 0 Å². The third-order valence-electron chi connectivity index (χ3n) is 4.25. The van der Waals surface area contributed by atoms with Crippen molar-refractivity contribution in [3.05, 3.63) is 24.0 Å². The van der Waals surface area contributed by atoms with Gasteiger partial charge in [0.25, 0.3) is 5.91 Å². The predicted molar refractivity (Wildman–Crippen MR) is 77.3 cm³/mol. The van der Waals surface area contributed by atoms with Gasteiger partial charge in [-0.25, -0.2) is 0 Å². The molecule has 0 atom stereocenters. The first-order valence-electron chi connectivity index (χ1n) is 7.57. The molecule has 1 aromatic heterocycles. The number of carbonyl (C=O) groups is 2. The molecule has 3 rings (SSSR count). The SMILES string of the molecule is O=C(O)CN(C(=O)c1cccn1C1CCNCC1)C1CC1. The molecule has 1 saturated carbocycles. The lowest BCUT2D eigenvalue weighted by Gasteiger charge is -2.27. The van der Waals surface area contributed by atoms with Crippen LogP contribution in [-0.2, 0) is 4.79 Å². The standard InChI is InChI=1S/C15H21N3O3/c19-14(20)10-18(11-3-4-11)15(21)13-2-1-9-17(13)12-5-7-16-8-6-12/h1-2,9,11-12,16H,3-8,10H2,(H,19,20). The van der Waals surface area contributed by atoms with Crippen molar-refractivity contribution in [3.8, 4) is 0 Å². The largest absolute Gasteiger partial charge is 0.480 e. The molecule has 21 heavy (non-hydrogen) atoms. The summed E-state index contributed by atoms with van der Waals surface area (Å²) in [5, 5.41) is 12.3. The molecule has 0 radical (unpaired) electrons. The lowest BCUT2D eigenvalue weighted by Crippen LogP contribution is -2.39. The van der Waals surface area contributed by atoms with E-state index < -0.39 is 5.97 Å². The van der Waals surface area contributed by atoms with E-state index in [0.717, 1.165) is 38.8 Å². The number of amides is 1. The van der Waals surface area contributed by atoms with Crippen molar-refractivity contribution in [1.82, 2.24) is 14.8 Å². The summed E-state index contributed by atoms with van der Waals surface area (Å²) in [7, 11) is 0. The Labute approximate surface area is 123 Å². The number of hydrogen-bond donors (Lipinski definition) is 2. The molecule has 2 fully saturated rings. The number of nitrogens with zero attached hydrogens (tertiary/aromatic N) is 2. The van der Waals surface area contributed by atoms with Crippen LogP contribution < -0.4 is 5.32 Å². The number of hydrogen-bond acceptors (Lipinski definition) is 3. The van der Waals surface area contributed by atoms with E-state index >= 15 is 0 Å². The van der Waals surface area contributed by atoms with Crippen LogP contribution in [0, 0.1) is 0 Å². The van der Waals surface area contributed by atoms with Gasteiger partial charge in [-0.3, -0.25) is 9.59 Å². The van der Waals surface area contributed by atoms with E-state index in [1.165, 1.54) is 4.90 Å². The average molecular weight is 291 g/mol. The minimum Gasteiger partial charge on any atom is -0.480 e. The summed E-state index contributed by atoms with van der Waals surface area (Å²) in [6.07, 6.45) is 5.75. The number of piperidine rings is 1. The van der Waals surface area contributed by atoms with Gasteiger partial charge in [-0.05, 0) is 50.9 Å². The van der Waals surface area contributed by atoms with Crippen molar-refractivity contribution in [2.45, 2.75) is 37.8 Å². The van der Waals surface area contributed by atoms with Gasteiger partial charge in [-0.1, -0.05) is 0 Å². The summed E-state index contributed by atoms with van der Waals surface area (Å²) in [4.78, 5) is 25.2. The van der Waals surface area contributed by atoms with Crippen LogP contribution in [0.25, 0.3) is 0 Å². The normalized spacial score (nSPS) is 19.4. The molecule has 0 unspecified atom stereocenters. The lowest BCUT2D eigenvalue weighted by atomic mass is 10.1. The van der Waals surface area contributed by atoms with Crippen molar-refractivity contribution in [3.63, 3.8) is 0 Å². The molecular formula is C15H21N3O3. The molecule has 0 spiro atoms. The summed E-state index contributed by atoms with van der Waals surface area (Å²) in [6, 6.07) is 4.11. The zero-order chi connectivity index (χ0) is 14.8. The number of aromatic nitrogens is 1. The van der Waals surface area contributed by atoms with E-state index in [9.17, 15) is 9.59 Å². The Bertz CT molecular complexity index is 530. The molecule has 1 aliphatic carbocycles. The average Bonchev–Trinajstić information content (AvgIpc) is 3.21. The van der Waals surface area contributed by atoms with Crippen LogP contribution >= 0.6 is 0 Å². The molecule has 6 heteroatoms. The Morgan fingerprint density at radius 2 is 2.00 bits per heavy atom. The first-order chi connectivity index (χ1) is 10.2. The summed E-state index contributed by atoms with van der Waals surface area (Å²) >= 11 is 0. The highest BCUT2D eigenvalue weighted by atomic mass is 16.4. The number of carboxylic acid groups (broad SMARTS) is 1. The predicted octanol–water partition coefficient (Wildman–Crippen LogP) is 1.10. The first-order valence-corrected chi connectivity index (χ1v) is 7.57. The lowest BCUT2D eigenvalue weighted by molar-refractivity contribution is -0.137. The zero-order valence-electron chi connectivity index (χ0n) is 12.0. The fourth-order valence-electron chi connectivity index (χ4n) is 3.02. The molecule has 1 amide bonds. The summed E-state index contributed by atoms with van der Waals surface area (Å²) in [5.41, 5.74) is 0.620. The van der Waals surface area contributed by atoms with Gasteiger partial charge in [-0.15, -0.1) is 0 Å². The van der Waals surface area contributed by atoms with Crippen LogP contribution in [0.1, 0.15) is 42.2 Å². The Kier molecular flexibility index (Phi) is 3.96. The zero-order valence-corrected chi connectivity index (χ0v) is 12.0. The second kappa shape index (κ2) is 5.89. The van der Waals surface area contributed by atoms with E-state index in [1.54, 1.807) is 0 Å². The van der Waals surface area contributed by atoms with Crippen molar-refractivity contribution < 1.29 is 14.7 Å². The van der Waals surface area contributed by atoms with Gasteiger partial charge in [0, 0.05) is 18.3 Å². The monoisotopic (exact) mass is 291 g/mol. The maximum Gasteiger partial charge on any atom is 0.323 e. The van der Waals surface area contributed by atoms with Crippen LogP contribution in [0.2, 0.25) is 0 Å². The maximum atomic E-state index is 12.7. The van der Waals surface area contributed by atoms with Crippen LogP contribution in [0.3, 0.4) is 0 Å². The van der Waals surface area contributed by atoms with Crippen molar-refractivity contribution in [2.24, 2.45) is 0 Å². The van der Waals surface area contributed by atoms with Crippen LogP contribution in [0.15, 0.2) is 18.3 Å². The highest BCUT2D eigenvalue weighted by molar-refractivity contribution is 5.95. The summed E-state index contributed by atoms with van der Waals surface area (Å²) in [6.45, 7) is 1.71. The van der Waals surface area contributed by atoms with Gasteiger partial charge in [0.05, 0.1) is 0 Å². The van der Waals surface area contributed by atoms with E-state index in [-0.39, 0.29) is 18.5 Å². The van der Waals surface area contributed by atoms with E-state index in [2.05, 4.69) is 5.32 Å². The van der Waals surface area contributed by atoms with E-state index in [4.69, 9.17) is 5.11 Å². The Hall–Kier alpha value is -1.82. The molecule has 0 bridgehead atoms. The minimum atomic E-state index is -0.949.